The normalized spacial score (nSPS) is 15.9. The molecule has 0 radical (unpaired) electrons. The molecule has 1 aromatic heterocycles. The lowest BCUT2D eigenvalue weighted by atomic mass is 10.1. The van der Waals surface area contributed by atoms with Crippen LogP contribution in [0.2, 0.25) is 0 Å². The second-order valence-electron chi connectivity index (χ2n) is 6.57. The first-order valence-electron chi connectivity index (χ1n) is 9.19. The third-order valence-electron chi connectivity index (χ3n) is 4.82. The molecule has 146 valence electrons. The van der Waals surface area contributed by atoms with Crippen molar-refractivity contribution in [3.05, 3.63) is 52.8 Å². The topological polar surface area (TPSA) is 65.8 Å². The summed E-state index contributed by atoms with van der Waals surface area (Å²) in [5, 5.41) is 2.66. The van der Waals surface area contributed by atoms with E-state index in [1.54, 1.807) is 6.07 Å². The molecule has 2 aromatic rings. The maximum atomic E-state index is 13.1. The third-order valence-corrected chi connectivity index (χ3v) is 5.11. The Hall–Kier alpha value is -2.93. The van der Waals surface area contributed by atoms with Gasteiger partial charge in [-0.2, -0.15) is 0 Å². The Kier molecular flexibility index (Phi) is 5.65. The molecule has 1 saturated heterocycles. The molecule has 2 amide bonds. The Bertz CT molecular complexity index is 973. The van der Waals surface area contributed by atoms with Crippen LogP contribution in [0, 0.1) is 13.8 Å². The number of nitrogens with zero attached hydrogens (tertiary/aromatic N) is 2. The number of amides is 2. The molecular formula is C21H23N3O3S. The zero-order chi connectivity index (χ0) is 20.4. The highest BCUT2D eigenvalue weighted by atomic mass is 32.1. The minimum atomic E-state index is -0.532. The highest BCUT2D eigenvalue weighted by Crippen LogP contribution is 2.26. The molecule has 0 spiro atoms. The van der Waals surface area contributed by atoms with E-state index in [4.69, 9.17) is 16.6 Å². The summed E-state index contributed by atoms with van der Waals surface area (Å²) in [6, 6.07) is 9.18. The maximum absolute atomic E-state index is 13.1. The van der Waals surface area contributed by atoms with Crippen molar-refractivity contribution in [2.45, 2.75) is 27.7 Å². The smallest absolute Gasteiger partial charge is 0.270 e. The fourth-order valence-electron chi connectivity index (χ4n) is 3.02. The maximum Gasteiger partial charge on any atom is 0.270 e. The van der Waals surface area contributed by atoms with Gasteiger partial charge in [-0.1, -0.05) is 6.07 Å². The molecule has 3 rings (SSSR count). The lowest BCUT2D eigenvalue weighted by Gasteiger charge is -2.29. The van der Waals surface area contributed by atoms with Crippen molar-refractivity contribution < 1.29 is 14.0 Å². The van der Waals surface area contributed by atoms with Crippen LogP contribution in [0.1, 0.15) is 30.7 Å². The second-order valence-corrected chi connectivity index (χ2v) is 6.96. The number of furan rings is 1. The summed E-state index contributed by atoms with van der Waals surface area (Å²) in [4.78, 5) is 28.8. The lowest BCUT2D eigenvalue weighted by Crippen LogP contribution is -2.54. The molecule has 0 bridgehead atoms. The number of thiocarbonyl (C=S) groups is 1. The van der Waals surface area contributed by atoms with E-state index in [1.807, 2.05) is 56.9 Å². The van der Waals surface area contributed by atoms with Gasteiger partial charge in [0.15, 0.2) is 11.0 Å². The first-order valence-corrected chi connectivity index (χ1v) is 9.60. The molecule has 0 aliphatic carbocycles. The van der Waals surface area contributed by atoms with Gasteiger partial charge in [0.05, 0.1) is 5.69 Å². The molecule has 2 heterocycles. The first kappa shape index (κ1) is 19.8. The van der Waals surface area contributed by atoms with Gasteiger partial charge in [0.25, 0.3) is 11.8 Å². The number of carbonyl (C=O) groups excluding carboxylic acids is 2. The van der Waals surface area contributed by atoms with Gasteiger partial charge >= 0.3 is 0 Å². The van der Waals surface area contributed by atoms with Crippen LogP contribution in [0.4, 0.5) is 11.6 Å². The van der Waals surface area contributed by atoms with Crippen molar-refractivity contribution in [3.8, 4) is 0 Å². The standard InChI is InChI=1S/C21H23N3O3S/c1-5-23(6-2)18-10-9-16(27-18)12-17-19(25)22-21(28)24(20(17)26)15-8-7-13(3)14(4)11-15/h7-12H,5-6H2,1-4H3,(H,22,25,28). The number of carbonyl (C=O) groups is 2. The van der Waals surface area contributed by atoms with Crippen molar-refractivity contribution in [1.29, 1.82) is 0 Å². The van der Waals surface area contributed by atoms with Crippen LogP contribution in [0.5, 0.6) is 0 Å². The van der Waals surface area contributed by atoms with E-state index in [0.717, 1.165) is 24.2 Å². The van der Waals surface area contributed by atoms with E-state index in [1.165, 1.54) is 11.0 Å². The molecule has 28 heavy (non-hydrogen) atoms. The Morgan fingerprint density at radius 3 is 2.46 bits per heavy atom. The zero-order valence-corrected chi connectivity index (χ0v) is 17.2. The van der Waals surface area contributed by atoms with Gasteiger partial charge < -0.3 is 9.32 Å². The predicted molar refractivity (Wildman–Crippen MR) is 114 cm³/mol. The fraction of sp³-hybridized carbons (Fsp3) is 0.286. The molecule has 1 aliphatic rings. The number of nitrogens with one attached hydrogen (secondary N) is 1. The highest BCUT2D eigenvalue weighted by Gasteiger charge is 2.34. The van der Waals surface area contributed by atoms with E-state index in [0.29, 0.717) is 17.3 Å². The fourth-order valence-corrected chi connectivity index (χ4v) is 3.30. The molecule has 0 atom stereocenters. The zero-order valence-electron chi connectivity index (χ0n) is 16.4. The predicted octanol–water partition coefficient (Wildman–Crippen LogP) is 3.57. The Labute approximate surface area is 169 Å². The van der Waals surface area contributed by atoms with E-state index in [2.05, 4.69) is 5.32 Å². The molecule has 1 N–H and O–H groups in total. The Balaban J connectivity index is 1.95. The van der Waals surface area contributed by atoms with Crippen molar-refractivity contribution in [1.82, 2.24) is 5.32 Å². The van der Waals surface area contributed by atoms with E-state index >= 15 is 0 Å². The monoisotopic (exact) mass is 397 g/mol. The number of aryl methyl sites for hydroxylation is 2. The largest absolute Gasteiger partial charge is 0.441 e. The average Bonchev–Trinajstić information content (AvgIpc) is 3.11. The van der Waals surface area contributed by atoms with Gasteiger partial charge in [-0.15, -0.1) is 0 Å². The number of benzene rings is 1. The van der Waals surface area contributed by atoms with E-state index < -0.39 is 11.8 Å². The van der Waals surface area contributed by atoms with Gasteiger partial charge in [0.1, 0.15) is 11.3 Å². The van der Waals surface area contributed by atoms with Crippen LogP contribution in [0.3, 0.4) is 0 Å². The van der Waals surface area contributed by atoms with Crippen LogP contribution >= 0.6 is 12.2 Å². The lowest BCUT2D eigenvalue weighted by molar-refractivity contribution is -0.122. The minimum Gasteiger partial charge on any atom is -0.441 e. The summed E-state index contributed by atoms with van der Waals surface area (Å²) in [5.74, 6) is 0.129. The molecular weight excluding hydrogens is 374 g/mol. The Morgan fingerprint density at radius 2 is 1.82 bits per heavy atom. The van der Waals surface area contributed by atoms with Crippen LogP contribution in [-0.4, -0.2) is 30.0 Å². The molecule has 0 saturated carbocycles. The summed E-state index contributed by atoms with van der Waals surface area (Å²) < 4.78 is 5.80. The Morgan fingerprint density at radius 1 is 1.11 bits per heavy atom. The summed E-state index contributed by atoms with van der Waals surface area (Å²) in [6.07, 6.45) is 1.46. The molecule has 7 heteroatoms. The summed E-state index contributed by atoms with van der Waals surface area (Å²) in [7, 11) is 0. The van der Waals surface area contributed by atoms with Crippen molar-refractivity contribution >= 4 is 46.8 Å². The van der Waals surface area contributed by atoms with Crippen LogP contribution in [0.25, 0.3) is 6.08 Å². The molecule has 1 aliphatic heterocycles. The second kappa shape index (κ2) is 7.98. The quantitative estimate of drug-likeness (QED) is 0.475. The average molecular weight is 398 g/mol. The SMILES string of the molecule is CCN(CC)c1ccc(C=C2C(=O)NC(=S)N(c3ccc(C)c(C)c3)C2=O)o1. The van der Waals surface area contributed by atoms with Crippen molar-refractivity contribution in [2.75, 3.05) is 22.9 Å². The number of rotatable bonds is 5. The van der Waals surface area contributed by atoms with E-state index in [-0.39, 0.29) is 10.7 Å². The van der Waals surface area contributed by atoms with Gasteiger partial charge in [-0.3, -0.25) is 19.8 Å². The number of hydrogen-bond acceptors (Lipinski definition) is 5. The van der Waals surface area contributed by atoms with Crippen LogP contribution < -0.4 is 15.1 Å². The summed E-state index contributed by atoms with van der Waals surface area (Å²) in [5.41, 5.74) is 2.74. The third kappa shape index (κ3) is 3.71. The molecule has 0 unspecified atom stereocenters. The van der Waals surface area contributed by atoms with Gasteiger partial charge in [0.2, 0.25) is 0 Å². The highest BCUT2D eigenvalue weighted by molar-refractivity contribution is 7.80. The molecule has 1 aromatic carbocycles. The van der Waals surface area contributed by atoms with Gasteiger partial charge in [-0.25, -0.2) is 0 Å². The molecule has 6 nitrogen and oxygen atoms in total. The molecule has 1 fully saturated rings. The van der Waals surface area contributed by atoms with Crippen molar-refractivity contribution in [2.24, 2.45) is 0 Å². The number of anilines is 2. The minimum absolute atomic E-state index is 0.0210. The van der Waals surface area contributed by atoms with Gasteiger partial charge in [0, 0.05) is 19.2 Å². The van der Waals surface area contributed by atoms with Crippen LogP contribution in [0.15, 0.2) is 40.3 Å². The summed E-state index contributed by atoms with van der Waals surface area (Å²) >= 11 is 5.24. The van der Waals surface area contributed by atoms with E-state index in [9.17, 15) is 9.59 Å². The summed E-state index contributed by atoms with van der Waals surface area (Å²) in [6.45, 7) is 9.62. The van der Waals surface area contributed by atoms with Gasteiger partial charge in [-0.05, 0) is 75.3 Å². The number of hydrogen-bond donors (Lipinski definition) is 1. The van der Waals surface area contributed by atoms with Crippen LogP contribution in [-0.2, 0) is 9.59 Å². The van der Waals surface area contributed by atoms with Crippen molar-refractivity contribution in [3.63, 3.8) is 0 Å². The first-order chi connectivity index (χ1) is 13.3.